The first-order chi connectivity index (χ1) is 5.75. The lowest BCUT2D eigenvalue weighted by atomic mass is 10.1. The third kappa shape index (κ3) is 1.32. The van der Waals surface area contributed by atoms with Gasteiger partial charge in [-0.3, -0.25) is 0 Å². The van der Waals surface area contributed by atoms with E-state index in [0.29, 0.717) is 0 Å². The molecule has 12 heavy (non-hydrogen) atoms. The Morgan fingerprint density at radius 1 is 1.42 bits per heavy atom. The maximum absolute atomic E-state index is 5.87. The van der Waals surface area contributed by atoms with Crippen molar-refractivity contribution in [2.75, 3.05) is 7.05 Å². The van der Waals surface area contributed by atoms with E-state index in [0.717, 1.165) is 11.6 Å². The smallest absolute Gasteiger partial charge is 0.0426 e. The van der Waals surface area contributed by atoms with Crippen LogP contribution in [0.4, 0.5) is 0 Å². The summed E-state index contributed by atoms with van der Waals surface area (Å²) in [5, 5.41) is 0.808. The molecular formula is C10H10ClN. The van der Waals surface area contributed by atoms with Crippen LogP contribution in [0.15, 0.2) is 24.4 Å². The molecule has 2 heteroatoms. The van der Waals surface area contributed by atoms with Crippen molar-refractivity contribution in [1.82, 2.24) is 4.90 Å². The molecule has 1 aromatic rings. The maximum Gasteiger partial charge on any atom is 0.0426 e. The minimum absolute atomic E-state index is 0.808. The predicted octanol–water partition coefficient (Wildman–Crippen LogP) is 2.76. The SMILES string of the molecule is CN1C=Cc2cc(Cl)ccc2C1. The van der Waals surface area contributed by atoms with E-state index in [4.69, 9.17) is 11.6 Å². The van der Waals surface area contributed by atoms with Crippen molar-refractivity contribution in [1.29, 1.82) is 0 Å². The summed E-state index contributed by atoms with van der Waals surface area (Å²) in [7, 11) is 2.06. The zero-order valence-corrected chi connectivity index (χ0v) is 7.67. The molecule has 1 aliphatic rings. The van der Waals surface area contributed by atoms with Crippen molar-refractivity contribution < 1.29 is 0 Å². The quantitative estimate of drug-likeness (QED) is 0.592. The molecule has 0 radical (unpaired) electrons. The molecule has 1 aliphatic heterocycles. The van der Waals surface area contributed by atoms with Crippen LogP contribution >= 0.6 is 11.6 Å². The van der Waals surface area contributed by atoms with Gasteiger partial charge in [-0.05, 0) is 35.5 Å². The van der Waals surface area contributed by atoms with Gasteiger partial charge in [-0.2, -0.15) is 0 Å². The fourth-order valence-corrected chi connectivity index (χ4v) is 1.57. The largest absolute Gasteiger partial charge is 0.376 e. The van der Waals surface area contributed by atoms with Crippen LogP contribution in [-0.4, -0.2) is 11.9 Å². The first-order valence-corrected chi connectivity index (χ1v) is 4.30. The molecule has 0 spiro atoms. The van der Waals surface area contributed by atoms with Gasteiger partial charge in [0.2, 0.25) is 0 Å². The van der Waals surface area contributed by atoms with E-state index in [9.17, 15) is 0 Å². The number of fused-ring (bicyclic) bond motifs is 1. The Hall–Kier alpha value is -0.950. The topological polar surface area (TPSA) is 3.24 Å². The van der Waals surface area contributed by atoms with Crippen LogP contribution in [0.1, 0.15) is 11.1 Å². The maximum atomic E-state index is 5.87. The summed E-state index contributed by atoms with van der Waals surface area (Å²) < 4.78 is 0. The normalized spacial score (nSPS) is 14.7. The summed E-state index contributed by atoms with van der Waals surface area (Å²) in [6.45, 7) is 0.975. The predicted molar refractivity (Wildman–Crippen MR) is 52.0 cm³/mol. The van der Waals surface area contributed by atoms with Crippen molar-refractivity contribution in [2.24, 2.45) is 0 Å². The highest BCUT2D eigenvalue weighted by atomic mass is 35.5. The number of rotatable bonds is 0. The van der Waals surface area contributed by atoms with Crippen LogP contribution in [0.25, 0.3) is 6.08 Å². The minimum atomic E-state index is 0.808. The molecule has 2 rings (SSSR count). The highest BCUT2D eigenvalue weighted by Crippen LogP contribution is 2.21. The Balaban J connectivity index is 2.47. The van der Waals surface area contributed by atoms with E-state index in [2.05, 4.69) is 30.3 Å². The fraction of sp³-hybridized carbons (Fsp3) is 0.200. The Bertz CT molecular complexity index is 331. The van der Waals surface area contributed by atoms with E-state index < -0.39 is 0 Å². The highest BCUT2D eigenvalue weighted by molar-refractivity contribution is 6.30. The first kappa shape index (κ1) is 7.69. The van der Waals surface area contributed by atoms with Crippen molar-refractivity contribution in [3.05, 3.63) is 40.5 Å². The average Bonchev–Trinajstić information content (AvgIpc) is 2.05. The summed E-state index contributed by atoms with van der Waals surface area (Å²) in [4.78, 5) is 2.15. The first-order valence-electron chi connectivity index (χ1n) is 3.92. The van der Waals surface area contributed by atoms with Crippen LogP contribution in [0, 0.1) is 0 Å². The van der Waals surface area contributed by atoms with Gasteiger partial charge in [-0.1, -0.05) is 17.7 Å². The second kappa shape index (κ2) is 2.83. The third-order valence-electron chi connectivity index (χ3n) is 2.04. The summed E-state index contributed by atoms with van der Waals surface area (Å²) in [5.41, 5.74) is 2.57. The molecule has 0 N–H and O–H groups in total. The summed E-state index contributed by atoms with van der Waals surface area (Å²) >= 11 is 5.87. The van der Waals surface area contributed by atoms with E-state index in [1.807, 2.05) is 12.1 Å². The standard InChI is InChI=1S/C10H10ClN/c1-12-5-4-8-6-10(11)3-2-9(8)7-12/h2-6H,7H2,1H3. The van der Waals surface area contributed by atoms with Gasteiger partial charge >= 0.3 is 0 Å². The molecule has 0 saturated carbocycles. The molecule has 0 aliphatic carbocycles. The molecule has 0 bridgehead atoms. The van der Waals surface area contributed by atoms with Gasteiger partial charge in [0.05, 0.1) is 0 Å². The summed E-state index contributed by atoms with van der Waals surface area (Å²) in [6.07, 6.45) is 4.16. The second-order valence-electron chi connectivity index (χ2n) is 3.07. The van der Waals surface area contributed by atoms with Crippen molar-refractivity contribution in [3.8, 4) is 0 Å². The number of hydrogen-bond donors (Lipinski definition) is 0. The number of halogens is 1. The molecule has 1 aromatic carbocycles. The Kier molecular flexibility index (Phi) is 1.81. The van der Waals surface area contributed by atoms with Crippen LogP contribution in [0.5, 0.6) is 0 Å². The van der Waals surface area contributed by atoms with Gasteiger partial charge in [-0.25, -0.2) is 0 Å². The average molecular weight is 180 g/mol. The lowest BCUT2D eigenvalue weighted by molar-refractivity contribution is 0.448. The van der Waals surface area contributed by atoms with Gasteiger partial charge in [-0.15, -0.1) is 0 Å². The Morgan fingerprint density at radius 3 is 3.08 bits per heavy atom. The lowest BCUT2D eigenvalue weighted by Gasteiger charge is -2.20. The second-order valence-corrected chi connectivity index (χ2v) is 3.51. The minimum Gasteiger partial charge on any atom is -0.376 e. The molecular weight excluding hydrogens is 170 g/mol. The molecule has 62 valence electrons. The third-order valence-corrected chi connectivity index (χ3v) is 2.27. The van der Waals surface area contributed by atoms with Gasteiger partial charge in [0.15, 0.2) is 0 Å². The van der Waals surface area contributed by atoms with Gasteiger partial charge in [0, 0.05) is 18.6 Å². The molecule has 0 amide bonds. The van der Waals surface area contributed by atoms with Crippen molar-refractivity contribution in [2.45, 2.75) is 6.54 Å². The monoisotopic (exact) mass is 179 g/mol. The van der Waals surface area contributed by atoms with Crippen LogP contribution < -0.4 is 0 Å². The van der Waals surface area contributed by atoms with Crippen LogP contribution in [-0.2, 0) is 6.54 Å². The van der Waals surface area contributed by atoms with Crippen molar-refractivity contribution >= 4 is 17.7 Å². The number of hydrogen-bond acceptors (Lipinski definition) is 1. The van der Waals surface area contributed by atoms with Gasteiger partial charge < -0.3 is 4.90 Å². The zero-order valence-electron chi connectivity index (χ0n) is 6.92. The zero-order chi connectivity index (χ0) is 8.55. The molecule has 0 unspecified atom stereocenters. The van der Waals surface area contributed by atoms with Gasteiger partial charge in [0.1, 0.15) is 0 Å². The van der Waals surface area contributed by atoms with Crippen LogP contribution in [0.2, 0.25) is 5.02 Å². The molecule has 0 atom stereocenters. The molecule has 0 aromatic heterocycles. The summed E-state index contributed by atoms with van der Waals surface area (Å²) in [6, 6.07) is 6.02. The van der Waals surface area contributed by atoms with E-state index >= 15 is 0 Å². The molecule has 0 saturated heterocycles. The lowest BCUT2D eigenvalue weighted by Crippen LogP contribution is -2.13. The number of nitrogens with zero attached hydrogens (tertiary/aromatic N) is 1. The fourth-order valence-electron chi connectivity index (χ4n) is 1.39. The number of benzene rings is 1. The Morgan fingerprint density at radius 2 is 2.25 bits per heavy atom. The van der Waals surface area contributed by atoms with Crippen molar-refractivity contribution in [3.63, 3.8) is 0 Å². The molecule has 1 nitrogen and oxygen atoms in total. The van der Waals surface area contributed by atoms with E-state index in [1.165, 1.54) is 11.1 Å². The van der Waals surface area contributed by atoms with E-state index in [1.54, 1.807) is 0 Å². The van der Waals surface area contributed by atoms with Crippen LogP contribution in [0.3, 0.4) is 0 Å². The Labute approximate surface area is 77.3 Å². The highest BCUT2D eigenvalue weighted by Gasteiger charge is 2.06. The van der Waals surface area contributed by atoms with Gasteiger partial charge in [0.25, 0.3) is 0 Å². The molecule has 1 heterocycles. The summed E-state index contributed by atoms with van der Waals surface area (Å²) in [5.74, 6) is 0. The molecule has 0 fully saturated rings. The van der Waals surface area contributed by atoms with E-state index in [-0.39, 0.29) is 0 Å².